The predicted octanol–water partition coefficient (Wildman–Crippen LogP) is 5.42. The Morgan fingerprint density at radius 3 is 2.26 bits per heavy atom. The predicted molar refractivity (Wildman–Crippen MR) is 136 cm³/mol. The summed E-state index contributed by atoms with van der Waals surface area (Å²) in [4.78, 5) is 27.7. The van der Waals surface area contributed by atoms with Crippen molar-refractivity contribution in [3.63, 3.8) is 0 Å². The Morgan fingerprint density at radius 2 is 1.59 bits per heavy atom. The number of carbonyl (C=O) groups excluding carboxylic acids is 2. The third kappa shape index (κ3) is 5.01. The second-order valence-corrected chi connectivity index (χ2v) is 9.34. The molecule has 6 nitrogen and oxygen atoms in total. The highest BCUT2D eigenvalue weighted by Gasteiger charge is 2.23. The molecule has 2 amide bonds. The van der Waals surface area contributed by atoms with Crippen LogP contribution in [-0.2, 0) is 10.2 Å². The average Bonchev–Trinajstić information content (AvgIpc) is 3.26. The van der Waals surface area contributed by atoms with E-state index in [1.54, 1.807) is 9.58 Å². The van der Waals surface area contributed by atoms with E-state index in [0.717, 1.165) is 22.2 Å². The molecule has 34 heavy (non-hydrogen) atoms. The third-order valence-electron chi connectivity index (χ3n) is 5.75. The lowest BCUT2D eigenvalue weighted by atomic mass is 9.92. The second kappa shape index (κ2) is 9.51. The molecule has 4 aromatic rings. The van der Waals surface area contributed by atoms with E-state index < -0.39 is 0 Å². The van der Waals surface area contributed by atoms with Crippen LogP contribution in [0.25, 0.3) is 16.5 Å². The number of hydrogen-bond acceptors (Lipinski definition) is 3. The number of rotatable bonds is 6. The molecule has 0 aliphatic heterocycles. The molecule has 1 aromatic heterocycles. The molecule has 6 heteroatoms. The molecule has 0 spiro atoms. The van der Waals surface area contributed by atoms with Crippen molar-refractivity contribution in [2.45, 2.75) is 33.1 Å². The summed E-state index contributed by atoms with van der Waals surface area (Å²) in [6.45, 7) is 8.49. The normalized spacial score (nSPS) is 11.4. The van der Waals surface area contributed by atoms with Gasteiger partial charge >= 0.3 is 0 Å². The van der Waals surface area contributed by atoms with Crippen LogP contribution in [0.1, 0.15) is 43.7 Å². The Labute approximate surface area is 200 Å². The van der Waals surface area contributed by atoms with Crippen molar-refractivity contribution in [1.82, 2.24) is 14.7 Å². The van der Waals surface area contributed by atoms with Gasteiger partial charge in [-0.1, -0.05) is 69.3 Å². The molecular formula is C28H30N4O2. The van der Waals surface area contributed by atoms with E-state index in [2.05, 4.69) is 26.1 Å². The van der Waals surface area contributed by atoms with Gasteiger partial charge in [-0.3, -0.25) is 9.59 Å². The molecule has 0 radical (unpaired) electrons. The summed E-state index contributed by atoms with van der Waals surface area (Å²) in [6, 6.07) is 25.1. The number of para-hydroxylation sites is 1. The molecule has 1 N–H and O–H groups in total. The minimum Gasteiger partial charge on any atom is -0.330 e. The molecule has 1 heterocycles. The van der Waals surface area contributed by atoms with E-state index in [4.69, 9.17) is 5.10 Å². The number of benzene rings is 3. The van der Waals surface area contributed by atoms with Crippen molar-refractivity contribution in [2.75, 3.05) is 18.4 Å². The number of hydrogen-bond donors (Lipinski definition) is 1. The summed E-state index contributed by atoms with van der Waals surface area (Å²) in [5.74, 6) is 0.138. The van der Waals surface area contributed by atoms with Crippen LogP contribution in [0.15, 0.2) is 78.9 Å². The highest BCUT2D eigenvalue weighted by molar-refractivity contribution is 6.01. The summed E-state index contributed by atoms with van der Waals surface area (Å²) in [5, 5.41) is 9.78. The number of likely N-dealkylation sites (N-methyl/N-ethyl adjacent to an activating group) is 1. The zero-order valence-electron chi connectivity index (χ0n) is 20.1. The van der Waals surface area contributed by atoms with Crippen LogP contribution in [-0.4, -0.2) is 39.6 Å². The maximum atomic E-state index is 13.2. The molecule has 0 saturated carbocycles. The van der Waals surface area contributed by atoms with E-state index in [9.17, 15) is 9.59 Å². The molecule has 4 rings (SSSR count). The zero-order chi connectivity index (χ0) is 24.3. The number of nitrogens with one attached hydrogen (secondary N) is 1. The first-order chi connectivity index (χ1) is 16.3. The van der Waals surface area contributed by atoms with Gasteiger partial charge in [-0.05, 0) is 42.0 Å². The van der Waals surface area contributed by atoms with Gasteiger partial charge < -0.3 is 10.2 Å². The SMILES string of the molecule is CCN(CC(=O)Nc1cc(C(C)(C)C)nn1-c1ccccc1)C(=O)c1ccc2ccccc2c1. The summed E-state index contributed by atoms with van der Waals surface area (Å²) in [5.41, 5.74) is 2.11. The number of anilines is 1. The van der Waals surface area contributed by atoms with Gasteiger partial charge in [-0.25, -0.2) is 4.68 Å². The van der Waals surface area contributed by atoms with Crippen molar-refractivity contribution in [3.05, 3.63) is 90.1 Å². The maximum Gasteiger partial charge on any atom is 0.254 e. The second-order valence-electron chi connectivity index (χ2n) is 9.34. The van der Waals surface area contributed by atoms with E-state index in [1.165, 1.54) is 0 Å². The summed E-state index contributed by atoms with van der Waals surface area (Å²) in [7, 11) is 0. The van der Waals surface area contributed by atoms with Gasteiger partial charge in [0.25, 0.3) is 5.91 Å². The Bertz CT molecular complexity index is 1320. The standard InChI is InChI=1S/C28H30N4O2/c1-5-31(27(34)22-16-15-20-11-9-10-12-21(20)17-22)19-26(33)29-25-18-24(28(2,3)4)30-32(25)23-13-7-6-8-14-23/h6-18H,5,19H2,1-4H3,(H,29,33). The van der Waals surface area contributed by atoms with E-state index in [0.29, 0.717) is 17.9 Å². The van der Waals surface area contributed by atoms with Gasteiger partial charge in [0.1, 0.15) is 12.4 Å². The number of aromatic nitrogens is 2. The maximum absolute atomic E-state index is 13.2. The van der Waals surface area contributed by atoms with Crippen molar-refractivity contribution >= 4 is 28.4 Å². The number of amides is 2. The Morgan fingerprint density at radius 1 is 0.912 bits per heavy atom. The Balaban J connectivity index is 1.55. The molecule has 0 aliphatic rings. The van der Waals surface area contributed by atoms with Crippen molar-refractivity contribution < 1.29 is 9.59 Å². The third-order valence-corrected chi connectivity index (χ3v) is 5.75. The first-order valence-corrected chi connectivity index (χ1v) is 11.5. The monoisotopic (exact) mass is 454 g/mol. The number of nitrogens with zero attached hydrogens (tertiary/aromatic N) is 3. The van der Waals surface area contributed by atoms with E-state index >= 15 is 0 Å². The van der Waals surface area contributed by atoms with Gasteiger partial charge in [0.15, 0.2) is 0 Å². The van der Waals surface area contributed by atoms with Crippen molar-refractivity contribution in [2.24, 2.45) is 0 Å². The van der Waals surface area contributed by atoms with Crippen LogP contribution in [0.4, 0.5) is 5.82 Å². The Kier molecular flexibility index (Phi) is 6.50. The van der Waals surface area contributed by atoms with Crippen LogP contribution < -0.4 is 5.32 Å². The average molecular weight is 455 g/mol. The van der Waals surface area contributed by atoms with Gasteiger partial charge in [-0.15, -0.1) is 0 Å². The fourth-order valence-electron chi connectivity index (χ4n) is 3.79. The molecule has 0 bridgehead atoms. The van der Waals surface area contributed by atoms with Gasteiger partial charge in [-0.2, -0.15) is 5.10 Å². The molecule has 0 saturated heterocycles. The minimum atomic E-state index is -0.270. The fraction of sp³-hybridized carbons (Fsp3) is 0.250. The Hall–Kier alpha value is -3.93. The quantitative estimate of drug-likeness (QED) is 0.423. The van der Waals surface area contributed by atoms with Crippen LogP contribution in [0.3, 0.4) is 0 Å². The van der Waals surface area contributed by atoms with Crippen molar-refractivity contribution in [1.29, 1.82) is 0 Å². The molecule has 0 fully saturated rings. The minimum absolute atomic E-state index is 0.0486. The molecule has 174 valence electrons. The first kappa shape index (κ1) is 23.2. The molecular weight excluding hydrogens is 424 g/mol. The molecule has 0 aliphatic carbocycles. The smallest absolute Gasteiger partial charge is 0.254 e. The number of fused-ring (bicyclic) bond motifs is 1. The topological polar surface area (TPSA) is 67.2 Å². The van der Waals surface area contributed by atoms with Crippen LogP contribution in [0.2, 0.25) is 0 Å². The largest absolute Gasteiger partial charge is 0.330 e. The van der Waals surface area contributed by atoms with E-state index in [1.807, 2.05) is 85.8 Å². The summed E-state index contributed by atoms with van der Waals surface area (Å²) >= 11 is 0. The van der Waals surface area contributed by atoms with Crippen molar-refractivity contribution in [3.8, 4) is 5.69 Å². The molecule has 3 aromatic carbocycles. The van der Waals surface area contributed by atoms with Crippen LogP contribution in [0.5, 0.6) is 0 Å². The van der Waals surface area contributed by atoms with Crippen LogP contribution in [0, 0.1) is 0 Å². The lowest BCUT2D eigenvalue weighted by molar-refractivity contribution is -0.116. The van der Waals surface area contributed by atoms with Gasteiger partial charge in [0.05, 0.1) is 11.4 Å². The zero-order valence-corrected chi connectivity index (χ0v) is 20.1. The van der Waals surface area contributed by atoms with Crippen LogP contribution >= 0.6 is 0 Å². The van der Waals surface area contributed by atoms with Gasteiger partial charge in [0, 0.05) is 23.6 Å². The molecule has 0 atom stereocenters. The lowest BCUT2D eigenvalue weighted by Gasteiger charge is -2.21. The fourth-order valence-corrected chi connectivity index (χ4v) is 3.79. The summed E-state index contributed by atoms with van der Waals surface area (Å²) < 4.78 is 1.74. The highest BCUT2D eigenvalue weighted by Crippen LogP contribution is 2.26. The van der Waals surface area contributed by atoms with E-state index in [-0.39, 0.29) is 23.8 Å². The highest BCUT2D eigenvalue weighted by atomic mass is 16.2. The lowest BCUT2D eigenvalue weighted by Crippen LogP contribution is -2.38. The van der Waals surface area contributed by atoms with Gasteiger partial charge in [0.2, 0.25) is 5.91 Å². The summed E-state index contributed by atoms with van der Waals surface area (Å²) in [6.07, 6.45) is 0. The first-order valence-electron chi connectivity index (χ1n) is 11.5. The molecule has 0 unspecified atom stereocenters. The number of carbonyl (C=O) groups is 2.